The summed E-state index contributed by atoms with van der Waals surface area (Å²) in [5.41, 5.74) is 1.50. The Hall–Kier alpha value is 0.701. The van der Waals surface area contributed by atoms with Crippen molar-refractivity contribution in [1.82, 2.24) is 0 Å². The Morgan fingerprint density at radius 3 is 1.68 bits per heavy atom. The zero-order valence-corrected chi connectivity index (χ0v) is 16.3. The molecule has 1 aromatic carbocycles. The minimum atomic E-state index is 0. The summed E-state index contributed by atoms with van der Waals surface area (Å²) in [5.74, 6) is 0. The first-order valence-corrected chi connectivity index (χ1v) is 7.97. The van der Waals surface area contributed by atoms with Crippen molar-refractivity contribution < 1.29 is 2.85 Å². The third-order valence-electron chi connectivity index (χ3n) is 3.66. The third kappa shape index (κ3) is 12.2. The molecule has 0 saturated carbocycles. The molecule has 0 aromatic heterocycles. The van der Waals surface area contributed by atoms with Crippen molar-refractivity contribution in [3.63, 3.8) is 0 Å². The molecule has 0 N–H and O–H groups in total. The van der Waals surface area contributed by atoms with E-state index in [0.717, 1.165) is 0 Å². The van der Waals surface area contributed by atoms with Crippen LogP contribution in [0.1, 0.15) is 79.5 Å². The van der Waals surface area contributed by atoms with Crippen molar-refractivity contribution in [2.75, 3.05) is 0 Å². The molecule has 0 fully saturated rings. The molecular formula is C18H32Sr. The number of benzene rings is 1. The summed E-state index contributed by atoms with van der Waals surface area (Å²) in [6.45, 7) is 2.28. The zero-order valence-electron chi connectivity index (χ0n) is 14.9. The van der Waals surface area contributed by atoms with Gasteiger partial charge in [0.1, 0.15) is 0 Å². The van der Waals surface area contributed by atoms with Gasteiger partial charge in [0.2, 0.25) is 0 Å². The Morgan fingerprint density at radius 2 is 1.16 bits per heavy atom. The fraction of sp³-hybridized carbons (Fsp3) is 0.667. The summed E-state index contributed by atoms with van der Waals surface area (Å²) in [5, 5.41) is 0. The molecule has 0 radical (unpaired) electrons. The van der Waals surface area contributed by atoms with Gasteiger partial charge in [0.05, 0.1) is 0 Å². The minimum Gasteiger partial charge on any atom is -1.00 e. The van der Waals surface area contributed by atoms with Gasteiger partial charge in [-0.15, -0.1) is 0 Å². The smallest absolute Gasteiger partial charge is 1.00 e. The quantitative estimate of drug-likeness (QED) is 0.344. The third-order valence-corrected chi connectivity index (χ3v) is 3.66. The summed E-state index contributed by atoms with van der Waals surface area (Å²) < 4.78 is 0. The van der Waals surface area contributed by atoms with E-state index >= 15 is 0 Å². The van der Waals surface area contributed by atoms with Crippen LogP contribution in [-0.2, 0) is 6.42 Å². The molecule has 0 aliphatic rings. The molecule has 0 bridgehead atoms. The summed E-state index contributed by atoms with van der Waals surface area (Å²) >= 11 is 0. The maximum absolute atomic E-state index is 2.28. The predicted octanol–water partition coefficient (Wildman–Crippen LogP) is 5.99. The van der Waals surface area contributed by atoms with E-state index in [1.165, 1.54) is 76.2 Å². The maximum atomic E-state index is 2.28. The van der Waals surface area contributed by atoms with Crippen LogP contribution in [-0.4, -0.2) is 45.5 Å². The Kier molecular flexibility index (Phi) is 15.7. The van der Waals surface area contributed by atoms with Gasteiger partial charge >= 0.3 is 45.5 Å². The SMILES string of the molecule is CCCCCCCCCCCCc1ccccc1.[H-].[H-].[Sr+2]. The second kappa shape index (κ2) is 15.1. The predicted molar refractivity (Wildman–Crippen MR) is 90.0 cm³/mol. The standard InChI is InChI=1S/C18H30.Sr.2H/c1-2-3-4-5-6-7-8-9-10-12-15-18-16-13-11-14-17-18;;;/h11,13-14,16-17H,2-10,12,15H2,1H3;;;/q;+2;2*-1. The van der Waals surface area contributed by atoms with Crippen LogP contribution in [0.4, 0.5) is 0 Å². The molecule has 1 heteroatoms. The van der Waals surface area contributed by atoms with Gasteiger partial charge < -0.3 is 2.85 Å². The van der Waals surface area contributed by atoms with E-state index in [0.29, 0.717) is 0 Å². The van der Waals surface area contributed by atoms with Crippen LogP contribution >= 0.6 is 0 Å². The Morgan fingerprint density at radius 1 is 0.684 bits per heavy atom. The average Bonchev–Trinajstić information content (AvgIpc) is 2.42. The molecule has 0 nitrogen and oxygen atoms in total. The van der Waals surface area contributed by atoms with Gasteiger partial charge in [-0.2, -0.15) is 0 Å². The second-order valence-corrected chi connectivity index (χ2v) is 5.42. The van der Waals surface area contributed by atoms with Gasteiger partial charge in [-0.1, -0.05) is 95.0 Å². The van der Waals surface area contributed by atoms with E-state index in [9.17, 15) is 0 Å². The topological polar surface area (TPSA) is 0 Å². The Balaban J connectivity index is -0.00000108. The molecule has 0 unspecified atom stereocenters. The van der Waals surface area contributed by atoms with E-state index < -0.39 is 0 Å². The molecule has 0 aliphatic heterocycles. The molecule has 1 aromatic rings. The zero-order chi connectivity index (χ0) is 12.9. The van der Waals surface area contributed by atoms with Crippen LogP contribution in [0.2, 0.25) is 0 Å². The van der Waals surface area contributed by atoms with E-state index in [1.54, 1.807) is 0 Å². The first-order valence-electron chi connectivity index (χ1n) is 7.97. The molecule has 0 amide bonds. The van der Waals surface area contributed by atoms with Crippen molar-refractivity contribution in [3.05, 3.63) is 35.9 Å². The molecule has 0 spiro atoms. The van der Waals surface area contributed by atoms with Crippen LogP contribution in [0, 0.1) is 0 Å². The van der Waals surface area contributed by atoms with Crippen molar-refractivity contribution in [3.8, 4) is 0 Å². The summed E-state index contributed by atoms with van der Waals surface area (Å²) in [6, 6.07) is 10.9. The van der Waals surface area contributed by atoms with Crippen LogP contribution in [0.25, 0.3) is 0 Å². The summed E-state index contributed by atoms with van der Waals surface area (Å²) in [4.78, 5) is 0. The molecule has 0 atom stereocenters. The molecule has 0 heterocycles. The van der Waals surface area contributed by atoms with Gasteiger partial charge in [0.15, 0.2) is 0 Å². The van der Waals surface area contributed by atoms with Gasteiger partial charge in [-0.05, 0) is 18.4 Å². The normalized spacial score (nSPS) is 10.2. The molecule has 0 aliphatic carbocycles. The first kappa shape index (κ1) is 19.7. The van der Waals surface area contributed by atoms with Crippen molar-refractivity contribution >= 4 is 45.5 Å². The molecule has 19 heavy (non-hydrogen) atoms. The van der Waals surface area contributed by atoms with Crippen LogP contribution in [0.15, 0.2) is 30.3 Å². The van der Waals surface area contributed by atoms with E-state index in [-0.39, 0.29) is 48.3 Å². The summed E-state index contributed by atoms with van der Waals surface area (Å²) in [7, 11) is 0. The minimum absolute atomic E-state index is 0. The molecule has 0 saturated heterocycles. The van der Waals surface area contributed by atoms with Crippen LogP contribution < -0.4 is 0 Å². The summed E-state index contributed by atoms with van der Waals surface area (Å²) in [6.07, 6.45) is 15.5. The van der Waals surface area contributed by atoms with Gasteiger partial charge in [-0.3, -0.25) is 0 Å². The molecular weight excluding hydrogens is 304 g/mol. The van der Waals surface area contributed by atoms with Crippen molar-refractivity contribution in [2.45, 2.75) is 77.6 Å². The monoisotopic (exact) mass is 336 g/mol. The fourth-order valence-electron chi connectivity index (χ4n) is 2.46. The van der Waals surface area contributed by atoms with Crippen molar-refractivity contribution in [2.24, 2.45) is 0 Å². The van der Waals surface area contributed by atoms with Crippen LogP contribution in [0.5, 0.6) is 0 Å². The van der Waals surface area contributed by atoms with E-state index in [1.807, 2.05) is 0 Å². The van der Waals surface area contributed by atoms with Crippen LogP contribution in [0.3, 0.4) is 0 Å². The first-order chi connectivity index (χ1) is 8.93. The Labute approximate surface area is 160 Å². The largest absolute Gasteiger partial charge is 2.00 e. The number of rotatable bonds is 11. The number of hydrogen-bond donors (Lipinski definition) is 0. The maximum Gasteiger partial charge on any atom is 2.00 e. The van der Waals surface area contributed by atoms with E-state index in [4.69, 9.17) is 0 Å². The fourth-order valence-corrected chi connectivity index (χ4v) is 2.46. The second-order valence-electron chi connectivity index (χ2n) is 5.42. The van der Waals surface area contributed by atoms with Gasteiger partial charge in [0.25, 0.3) is 0 Å². The Bertz CT molecular complexity index is 278. The van der Waals surface area contributed by atoms with Crippen molar-refractivity contribution in [1.29, 1.82) is 0 Å². The number of unbranched alkanes of at least 4 members (excludes halogenated alkanes) is 9. The molecule has 106 valence electrons. The van der Waals surface area contributed by atoms with E-state index in [2.05, 4.69) is 37.3 Å². The number of hydrogen-bond acceptors (Lipinski definition) is 0. The number of aryl methyl sites for hydroxylation is 1. The average molecular weight is 336 g/mol. The van der Waals surface area contributed by atoms with Gasteiger partial charge in [0, 0.05) is 0 Å². The van der Waals surface area contributed by atoms with Gasteiger partial charge in [-0.25, -0.2) is 0 Å². The molecule has 1 rings (SSSR count).